The van der Waals surface area contributed by atoms with Gasteiger partial charge in [0.2, 0.25) is 15.9 Å². The van der Waals surface area contributed by atoms with Gasteiger partial charge in [-0.05, 0) is 54.7 Å². The highest BCUT2D eigenvalue weighted by molar-refractivity contribution is 7.89. The first-order valence-corrected chi connectivity index (χ1v) is 9.94. The molecule has 2 aromatic rings. The van der Waals surface area contributed by atoms with Crippen molar-refractivity contribution in [3.05, 3.63) is 65.5 Å². The van der Waals surface area contributed by atoms with Crippen LogP contribution in [0.1, 0.15) is 24.5 Å². The van der Waals surface area contributed by atoms with Crippen LogP contribution in [-0.4, -0.2) is 20.9 Å². The van der Waals surface area contributed by atoms with Crippen LogP contribution in [-0.2, 0) is 27.7 Å². The highest BCUT2D eigenvalue weighted by Crippen LogP contribution is 2.11. The van der Waals surface area contributed by atoms with Crippen molar-refractivity contribution in [3.63, 3.8) is 0 Å². The number of nitrogens with one attached hydrogen (secondary N) is 1. The van der Waals surface area contributed by atoms with Crippen LogP contribution in [0, 0.1) is 11.7 Å². The smallest absolute Gasteiger partial charge is 0.238 e. The van der Waals surface area contributed by atoms with Gasteiger partial charge in [-0.1, -0.05) is 31.2 Å². The lowest BCUT2D eigenvalue weighted by molar-refractivity contribution is -0.124. The summed E-state index contributed by atoms with van der Waals surface area (Å²) in [4.78, 5) is 12.2. The molecule has 0 aliphatic heterocycles. The summed E-state index contributed by atoms with van der Waals surface area (Å²) in [5.74, 6) is -0.531. The van der Waals surface area contributed by atoms with Crippen molar-refractivity contribution in [1.29, 1.82) is 0 Å². The molecule has 0 aliphatic rings. The van der Waals surface area contributed by atoms with Crippen LogP contribution in [0.2, 0.25) is 0 Å². The Morgan fingerprint density at radius 1 is 1.08 bits per heavy atom. The second-order valence-corrected chi connectivity index (χ2v) is 7.88. The molecule has 5 nitrogen and oxygen atoms in total. The Kier molecular flexibility index (Phi) is 6.88. The van der Waals surface area contributed by atoms with Crippen molar-refractivity contribution in [3.8, 4) is 0 Å². The lowest BCUT2D eigenvalue weighted by atomic mass is 10.0. The van der Waals surface area contributed by atoms with E-state index in [0.717, 1.165) is 24.0 Å². The van der Waals surface area contributed by atoms with Gasteiger partial charge in [0.15, 0.2) is 0 Å². The van der Waals surface area contributed by atoms with Gasteiger partial charge < -0.3 is 5.32 Å². The zero-order valence-corrected chi connectivity index (χ0v) is 15.4. The summed E-state index contributed by atoms with van der Waals surface area (Å²) in [6.45, 7) is 2.37. The van der Waals surface area contributed by atoms with Crippen LogP contribution in [0.3, 0.4) is 0 Å². The molecule has 2 rings (SSSR count). The van der Waals surface area contributed by atoms with E-state index in [2.05, 4.69) is 5.32 Å². The molecule has 0 saturated heterocycles. The molecule has 2 aromatic carbocycles. The number of primary sulfonamides is 1. The third-order valence-corrected chi connectivity index (χ3v) is 5.03. The molecule has 26 heavy (non-hydrogen) atoms. The lowest BCUT2D eigenvalue weighted by Gasteiger charge is -2.12. The summed E-state index contributed by atoms with van der Waals surface area (Å²) in [6, 6.07) is 12.6. The monoisotopic (exact) mass is 378 g/mol. The third-order valence-electron chi connectivity index (χ3n) is 4.10. The van der Waals surface area contributed by atoms with Crippen LogP contribution in [0.15, 0.2) is 53.4 Å². The van der Waals surface area contributed by atoms with Gasteiger partial charge in [0.1, 0.15) is 5.82 Å². The van der Waals surface area contributed by atoms with E-state index in [1.807, 2.05) is 6.92 Å². The van der Waals surface area contributed by atoms with Crippen LogP contribution in [0.5, 0.6) is 0 Å². The first-order chi connectivity index (χ1) is 12.3. The maximum Gasteiger partial charge on any atom is 0.238 e. The predicted octanol–water partition coefficient (Wildman–Crippen LogP) is 2.40. The van der Waals surface area contributed by atoms with Gasteiger partial charge in [-0.3, -0.25) is 4.79 Å². The van der Waals surface area contributed by atoms with E-state index in [4.69, 9.17) is 5.14 Å². The molecule has 0 aliphatic carbocycles. The number of sulfonamides is 1. The van der Waals surface area contributed by atoms with E-state index in [-0.39, 0.29) is 22.5 Å². The summed E-state index contributed by atoms with van der Waals surface area (Å²) >= 11 is 0. The predicted molar refractivity (Wildman–Crippen MR) is 98.4 cm³/mol. The second-order valence-electron chi connectivity index (χ2n) is 6.32. The van der Waals surface area contributed by atoms with Crippen molar-refractivity contribution < 1.29 is 17.6 Å². The standard InChI is InChI=1S/C19H23FN2O3S/c1-14(13-16-4-8-17(20)9-5-16)19(23)22-12-2-3-15-6-10-18(11-7-15)26(21,24)25/h4-11,14H,2-3,12-13H2,1H3,(H,22,23)(H2,21,24,25). The normalized spacial score (nSPS) is 12.6. The first-order valence-electron chi connectivity index (χ1n) is 8.39. The Bertz CT molecular complexity index is 834. The summed E-state index contributed by atoms with van der Waals surface area (Å²) in [5.41, 5.74) is 1.90. The van der Waals surface area contributed by atoms with Crippen molar-refractivity contribution in [2.45, 2.75) is 31.1 Å². The van der Waals surface area contributed by atoms with E-state index in [9.17, 15) is 17.6 Å². The van der Waals surface area contributed by atoms with E-state index in [1.165, 1.54) is 24.3 Å². The van der Waals surface area contributed by atoms with Gasteiger partial charge in [0.05, 0.1) is 4.90 Å². The summed E-state index contributed by atoms with van der Waals surface area (Å²) in [6.07, 6.45) is 2.02. The molecule has 140 valence electrons. The van der Waals surface area contributed by atoms with Crippen molar-refractivity contribution in [2.24, 2.45) is 11.1 Å². The molecule has 0 fully saturated rings. The molecule has 0 aromatic heterocycles. The molecule has 0 radical (unpaired) electrons. The Balaban J connectivity index is 1.73. The number of amides is 1. The average molecular weight is 378 g/mol. The van der Waals surface area contributed by atoms with Gasteiger partial charge in [0, 0.05) is 12.5 Å². The van der Waals surface area contributed by atoms with Crippen LogP contribution in [0.25, 0.3) is 0 Å². The van der Waals surface area contributed by atoms with Gasteiger partial charge in [0.25, 0.3) is 0 Å². The molecule has 0 spiro atoms. The fraction of sp³-hybridized carbons (Fsp3) is 0.316. The minimum Gasteiger partial charge on any atom is -0.356 e. The highest BCUT2D eigenvalue weighted by Gasteiger charge is 2.13. The van der Waals surface area contributed by atoms with Gasteiger partial charge in [-0.25, -0.2) is 17.9 Å². The number of hydrogen-bond acceptors (Lipinski definition) is 3. The SMILES string of the molecule is CC(Cc1ccc(F)cc1)C(=O)NCCCc1ccc(S(N)(=O)=O)cc1. The molecular weight excluding hydrogens is 355 g/mol. The Morgan fingerprint density at radius 3 is 2.23 bits per heavy atom. The third kappa shape index (κ3) is 6.24. The Labute approximate surface area is 153 Å². The molecule has 3 N–H and O–H groups in total. The molecule has 1 atom stereocenters. The Morgan fingerprint density at radius 2 is 1.65 bits per heavy atom. The van der Waals surface area contributed by atoms with Crippen LogP contribution >= 0.6 is 0 Å². The topological polar surface area (TPSA) is 89.3 Å². The minimum absolute atomic E-state index is 0.0427. The number of benzene rings is 2. The molecule has 0 bridgehead atoms. The van der Waals surface area contributed by atoms with E-state index in [0.29, 0.717) is 13.0 Å². The average Bonchev–Trinajstić information content (AvgIpc) is 2.60. The summed E-state index contributed by atoms with van der Waals surface area (Å²) in [5, 5.41) is 7.95. The van der Waals surface area contributed by atoms with Crippen molar-refractivity contribution >= 4 is 15.9 Å². The van der Waals surface area contributed by atoms with Gasteiger partial charge in [-0.2, -0.15) is 0 Å². The van der Waals surface area contributed by atoms with Crippen molar-refractivity contribution in [1.82, 2.24) is 5.32 Å². The largest absolute Gasteiger partial charge is 0.356 e. The lowest BCUT2D eigenvalue weighted by Crippen LogP contribution is -2.31. The van der Waals surface area contributed by atoms with Gasteiger partial charge in [-0.15, -0.1) is 0 Å². The Hall–Kier alpha value is -2.25. The number of aryl methyl sites for hydroxylation is 1. The molecule has 1 amide bonds. The summed E-state index contributed by atoms with van der Waals surface area (Å²) < 4.78 is 35.3. The zero-order chi connectivity index (χ0) is 19.2. The number of carbonyl (C=O) groups is 1. The number of nitrogens with two attached hydrogens (primary N) is 1. The minimum atomic E-state index is -3.67. The van der Waals surface area contributed by atoms with Gasteiger partial charge >= 0.3 is 0 Å². The van der Waals surface area contributed by atoms with E-state index < -0.39 is 10.0 Å². The fourth-order valence-corrected chi connectivity index (χ4v) is 3.11. The molecule has 7 heteroatoms. The van der Waals surface area contributed by atoms with Crippen LogP contribution < -0.4 is 10.5 Å². The maximum atomic E-state index is 12.9. The number of hydrogen-bond donors (Lipinski definition) is 2. The number of rotatable bonds is 8. The highest BCUT2D eigenvalue weighted by atomic mass is 32.2. The maximum absolute atomic E-state index is 12.9. The van der Waals surface area contributed by atoms with Crippen LogP contribution in [0.4, 0.5) is 4.39 Å². The fourth-order valence-electron chi connectivity index (χ4n) is 2.59. The molecule has 0 saturated carbocycles. The van der Waals surface area contributed by atoms with Crippen molar-refractivity contribution in [2.75, 3.05) is 6.54 Å². The second kappa shape index (κ2) is 8.91. The number of halogens is 1. The van der Waals surface area contributed by atoms with E-state index >= 15 is 0 Å². The molecule has 0 heterocycles. The molecule has 1 unspecified atom stereocenters. The first kappa shape index (κ1) is 20.1. The van der Waals surface area contributed by atoms with E-state index in [1.54, 1.807) is 24.3 Å². The quantitative estimate of drug-likeness (QED) is 0.691. The molecular formula is C19H23FN2O3S. The number of carbonyl (C=O) groups excluding carboxylic acids is 1. The zero-order valence-electron chi connectivity index (χ0n) is 14.6. The summed E-state index contributed by atoms with van der Waals surface area (Å²) in [7, 11) is -3.67.